The van der Waals surface area contributed by atoms with Gasteiger partial charge in [-0.25, -0.2) is 0 Å². The van der Waals surface area contributed by atoms with Crippen LogP contribution in [-0.4, -0.2) is 61.1 Å². The Kier molecular flexibility index (Phi) is 14.8. The number of hydrogen-bond acceptors (Lipinski definition) is 4. The molecule has 44 heavy (non-hydrogen) atoms. The molecule has 1 saturated carbocycles. The standard InChI is InChI=1S/C32H40N4O2.C4H6O.U/c1-5-23(3)8-11-25(6-2)36-20-16-28-29-22-26(37)12-15-30(29)35-31(28)32(36)24-9-13-27(14-10-24)38-21-7-17-34-19-18-33-4;5-3-4-1-2-4;/h5,8-15,22,32,35,37H,1,6-7,16-21H2,2-4H3;3-4H,1-2H2;/q-2;;+2/b23-8-,25-11+;;. The minimum Gasteiger partial charge on any atom is -0.666 e. The fraction of sp³-hybridized carbons (Fsp3) is 0.417. The number of phenols is 1. The van der Waals surface area contributed by atoms with Crippen molar-refractivity contribution in [3.63, 3.8) is 0 Å². The smallest absolute Gasteiger partial charge is 0.666 e. The van der Waals surface area contributed by atoms with E-state index in [1.165, 1.54) is 22.5 Å². The monoisotopic (exact) mass is 820 g/mol. The van der Waals surface area contributed by atoms with E-state index >= 15 is 0 Å². The predicted molar refractivity (Wildman–Crippen MR) is 177 cm³/mol. The quantitative estimate of drug-likeness (QED) is 0.0981. The third kappa shape index (κ3) is 9.87. The van der Waals surface area contributed by atoms with Gasteiger partial charge in [-0.15, -0.1) is 6.54 Å². The number of hydrogen-bond donors (Lipinski definition) is 2. The van der Waals surface area contributed by atoms with Crippen molar-refractivity contribution < 1.29 is 45.8 Å². The molecule has 5 rings (SSSR count). The first-order valence-electron chi connectivity index (χ1n) is 15.5. The molecule has 232 valence electrons. The topological polar surface area (TPSA) is 93.8 Å². The van der Waals surface area contributed by atoms with Crippen molar-refractivity contribution in [1.82, 2.24) is 9.88 Å². The Morgan fingerprint density at radius 2 is 1.91 bits per heavy atom. The van der Waals surface area contributed by atoms with Crippen molar-refractivity contribution in [1.29, 1.82) is 0 Å². The molecule has 1 aliphatic carbocycles. The number of allylic oxidation sites excluding steroid dienone is 5. The number of nitrogens with zero attached hydrogens (tertiary/aromatic N) is 3. The van der Waals surface area contributed by atoms with Crippen LogP contribution in [0.15, 0.2) is 78.5 Å². The zero-order chi connectivity index (χ0) is 30.6. The summed E-state index contributed by atoms with van der Waals surface area (Å²) < 4.78 is 6.00. The average molecular weight is 821 g/mol. The van der Waals surface area contributed by atoms with Crippen LogP contribution in [0.5, 0.6) is 11.5 Å². The second-order valence-corrected chi connectivity index (χ2v) is 11.2. The Morgan fingerprint density at radius 3 is 2.55 bits per heavy atom. The third-order valence-electron chi connectivity index (χ3n) is 7.92. The van der Waals surface area contributed by atoms with E-state index in [9.17, 15) is 9.90 Å². The van der Waals surface area contributed by atoms with E-state index in [1.807, 2.05) is 25.3 Å². The van der Waals surface area contributed by atoms with Gasteiger partial charge in [-0.3, -0.25) is 0 Å². The molecule has 0 amide bonds. The van der Waals surface area contributed by atoms with Gasteiger partial charge in [-0.05, 0) is 86.6 Å². The van der Waals surface area contributed by atoms with Gasteiger partial charge >= 0.3 is 31.1 Å². The van der Waals surface area contributed by atoms with E-state index in [0.29, 0.717) is 18.3 Å². The Balaban J connectivity index is 0.000000801. The number of aromatic amines is 1. The third-order valence-corrected chi connectivity index (χ3v) is 7.92. The first-order valence-corrected chi connectivity index (χ1v) is 15.5. The summed E-state index contributed by atoms with van der Waals surface area (Å²) in [5.74, 6) is 1.62. The van der Waals surface area contributed by atoms with Crippen LogP contribution in [0.3, 0.4) is 0 Å². The number of ether oxygens (including phenoxy) is 1. The number of nitrogens with one attached hydrogen (secondary N) is 1. The molecule has 0 radical (unpaired) electrons. The number of benzene rings is 2. The Bertz CT molecular complexity index is 1410. The zero-order valence-corrected chi connectivity index (χ0v) is 30.6. The molecule has 1 unspecified atom stereocenters. The van der Waals surface area contributed by atoms with Crippen LogP contribution in [0.25, 0.3) is 21.5 Å². The van der Waals surface area contributed by atoms with Gasteiger partial charge in [0.2, 0.25) is 0 Å². The average Bonchev–Trinajstić information content (AvgIpc) is 3.81. The predicted octanol–water partition coefficient (Wildman–Crippen LogP) is 7.99. The maximum absolute atomic E-state index is 10.2. The summed E-state index contributed by atoms with van der Waals surface area (Å²) in [4.78, 5) is 15.8. The van der Waals surface area contributed by atoms with Crippen LogP contribution in [0.4, 0.5) is 0 Å². The van der Waals surface area contributed by atoms with Crippen molar-refractivity contribution in [2.24, 2.45) is 5.92 Å². The van der Waals surface area contributed by atoms with Gasteiger partial charge in [0.15, 0.2) is 0 Å². The SMILES string of the molecule is C=C/C(C)=C\C=C(/CC)N1CCc2c([nH]c3ccc(O)cc23)C1c1ccc(OCCC[N-]CC[N-]C)cc1.O=CC1CC1.[U+2]. The largest absolute Gasteiger partial charge is 2.00 e. The fourth-order valence-electron chi connectivity index (χ4n) is 5.27. The van der Waals surface area contributed by atoms with Gasteiger partial charge < -0.3 is 35.2 Å². The molecule has 2 N–H and O–H groups in total. The molecule has 1 aliphatic heterocycles. The molecule has 0 spiro atoms. The molecule has 1 aromatic heterocycles. The second-order valence-electron chi connectivity index (χ2n) is 11.2. The molecular weight excluding hydrogens is 774 g/mol. The molecule has 3 aromatic rings. The maximum Gasteiger partial charge on any atom is 2.00 e. The van der Waals surface area contributed by atoms with Crippen LogP contribution in [0, 0.1) is 37.0 Å². The number of fused-ring (bicyclic) bond motifs is 3. The van der Waals surface area contributed by atoms with Crippen molar-refractivity contribution in [3.05, 3.63) is 106 Å². The number of aromatic nitrogens is 1. The van der Waals surface area contributed by atoms with Crippen molar-refractivity contribution in [2.45, 2.75) is 52.0 Å². The van der Waals surface area contributed by atoms with E-state index in [4.69, 9.17) is 4.74 Å². The van der Waals surface area contributed by atoms with Crippen molar-refractivity contribution >= 4 is 17.2 Å². The van der Waals surface area contributed by atoms with Gasteiger partial charge in [0.05, 0.1) is 12.6 Å². The Morgan fingerprint density at radius 1 is 1.14 bits per heavy atom. The minimum atomic E-state index is 0. The number of H-pyrrole nitrogens is 1. The first-order chi connectivity index (χ1) is 21.0. The summed E-state index contributed by atoms with van der Waals surface area (Å²) in [5.41, 5.74) is 7.16. The summed E-state index contributed by atoms with van der Waals surface area (Å²) >= 11 is 0. The zero-order valence-electron chi connectivity index (χ0n) is 26.4. The number of phenolic OH excluding ortho intramolecular Hbond substituents is 1. The van der Waals surface area contributed by atoms with Crippen LogP contribution in [0.1, 0.15) is 62.4 Å². The molecule has 2 aromatic carbocycles. The molecule has 8 heteroatoms. The summed E-state index contributed by atoms with van der Waals surface area (Å²) in [5, 5.41) is 19.8. The molecule has 0 saturated heterocycles. The summed E-state index contributed by atoms with van der Waals surface area (Å²) in [6.45, 7) is 12.1. The molecule has 2 heterocycles. The number of likely N-dealkylation sites (N-methyl/N-ethyl adjacent to an activating group) is 1. The molecule has 7 nitrogen and oxygen atoms in total. The van der Waals surface area contributed by atoms with Crippen molar-refractivity contribution in [3.8, 4) is 11.5 Å². The molecule has 1 fully saturated rings. The Labute approximate surface area is 286 Å². The summed E-state index contributed by atoms with van der Waals surface area (Å²) in [7, 11) is 1.82. The normalized spacial score (nSPS) is 16.4. The molecule has 2 aliphatic rings. The number of rotatable bonds is 14. The molecular formula is C36H46N4O3U. The van der Waals surface area contributed by atoms with E-state index < -0.39 is 0 Å². The van der Waals surface area contributed by atoms with Gasteiger partial charge in [-0.2, -0.15) is 20.1 Å². The molecule has 1 atom stereocenters. The fourth-order valence-corrected chi connectivity index (χ4v) is 5.27. The second kappa shape index (κ2) is 18.3. The van der Waals surface area contributed by atoms with Crippen LogP contribution in [0.2, 0.25) is 0 Å². The summed E-state index contributed by atoms with van der Waals surface area (Å²) in [6.07, 6.45) is 12.3. The van der Waals surface area contributed by atoms with Crippen LogP contribution < -0.4 is 4.74 Å². The van der Waals surface area contributed by atoms with E-state index in [0.717, 1.165) is 86.8 Å². The van der Waals surface area contributed by atoms with Crippen LogP contribution in [-0.2, 0) is 11.2 Å². The maximum atomic E-state index is 10.2. The first kappa shape index (κ1) is 35.7. The van der Waals surface area contributed by atoms with Gasteiger partial charge in [0.25, 0.3) is 0 Å². The van der Waals surface area contributed by atoms with Crippen LogP contribution >= 0.6 is 0 Å². The minimum absolute atomic E-state index is 0. The Hall–Kier alpha value is -2.76. The number of aldehydes is 1. The van der Waals surface area contributed by atoms with Gasteiger partial charge in [0.1, 0.15) is 17.8 Å². The number of carbonyl (C=O) groups excluding carboxylic acids is 1. The van der Waals surface area contributed by atoms with E-state index in [2.05, 4.69) is 77.4 Å². The van der Waals surface area contributed by atoms with Gasteiger partial charge in [0, 0.05) is 34.8 Å². The van der Waals surface area contributed by atoms with Gasteiger partial charge in [-0.1, -0.05) is 43.4 Å². The number of aromatic hydroxyl groups is 1. The van der Waals surface area contributed by atoms with E-state index in [1.54, 1.807) is 6.07 Å². The summed E-state index contributed by atoms with van der Waals surface area (Å²) in [6, 6.07) is 14.1. The van der Waals surface area contributed by atoms with E-state index in [-0.39, 0.29) is 37.2 Å². The number of carbonyl (C=O) groups is 1. The van der Waals surface area contributed by atoms with Crippen molar-refractivity contribution in [2.75, 3.05) is 39.8 Å². The molecule has 0 bridgehead atoms.